The van der Waals surface area contributed by atoms with Gasteiger partial charge < -0.3 is 15.0 Å². The maximum Gasteiger partial charge on any atom is 0.232 e. The summed E-state index contributed by atoms with van der Waals surface area (Å²) in [5, 5.41) is 5.95. The van der Waals surface area contributed by atoms with Crippen LogP contribution in [0.25, 0.3) is 21.3 Å². The number of benzene rings is 2. The van der Waals surface area contributed by atoms with Crippen LogP contribution in [0.2, 0.25) is 0 Å². The van der Waals surface area contributed by atoms with Crippen LogP contribution in [0.1, 0.15) is 17.8 Å². The Morgan fingerprint density at radius 3 is 2.74 bits per heavy atom. The first kappa shape index (κ1) is 19.7. The highest BCUT2D eigenvalue weighted by Gasteiger charge is 2.19. The zero-order chi connectivity index (χ0) is 21.4. The molecule has 4 aromatic rings. The van der Waals surface area contributed by atoms with Gasteiger partial charge in [0.15, 0.2) is 0 Å². The fraction of sp³-hybridized carbons (Fsp3) is 0.208. The van der Waals surface area contributed by atoms with Crippen molar-refractivity contribution in [3.05, 3.63) is 65.3 Å². The van der Waals surface area contributed by atoms with Crippen LogP contribution in [0.5, 0.6) is 11.6 Å². The van der Waals surface area contributed by atoms with Gasteiger partial charge in [-0.2, -0.15) is 4.98 Å². The Morgan fingerprint density at radius 2 is 1.94 bits per heavy atom. The van der Waals surface area contributed by atoms with E-state index in [4.69, 9.17) is 14.7 Å². The highest BCUT2D eigenvalue weighted by molar-refractivity contribution is 7.17. The number of hydrogen-bond donors (Lipinski definition) is 1. The number of rotatable bonds is 5. The number of aromatic nitrogens is 2. The lowest BCUT2D eigenvalue weighted by atomic mass is 10.0. The molecule has 5 rings (SSSR count). The van der Waals surface area contributed by atoms with Crippen molar-refractivity contribution in [1.82, 2.24) is 14.9 Å². The Labute approximate surface area is 184 Å². The van der Waals surface area contributed by atoms with Crippen molar-refractivity contribution in [1.29, 1.82) is 0 Å². The number of ether oxygens (including phenoxy) is 1. The minimum Gasteiger partial charge on any atom is -0.438 e. The summed E-state index contributed by atoms with van der Waals surface area (Å²) in [6.07, 6.45) is 1.20. The first-order valence-corrected chi connectivity index (χ1v) is 11.0. The summed E-state index contributed by atoms with van der Waals surface area (Å²) in [7, 11) is 3.99. The maximum atomic E-state index is 11.7. The predicted molar refractivity (Wildman–Crippen MR) is 124 cm³/mol. The highest BCUT2D eigenvalue weighted by atomic mass is 32.1. The molecule has 0 atom stereocenters. The van der Waals surface area contributed by atoms with Crippen molar-refractivity contribution in [2.45, 2.75) is 19.4 Å². The number of fused-ring (bicyclic) bond motifs is 2. The van der Waals surface area contributed by atoms with Crippen molar-refractivity contribution < 1.29 is 9.53 Å². The van der Waals surface area contributed by atoms with Gasteiger partial charge in [-0.1, -0.05) is 30.3 Å². The molecule has 0 radical (unpaired) electrons. The lowest BCUT2D eigenvalue weighted by Gasteiger charge is -2.18. The highest BCUT2D eigenvalue weighted by Crippen LogP contribution is 2.40. The second-order valence-corrected chi connectivity index (χ2v) is 8.71. The smallest absolute Gasteiger partial charge is 0.232 e. The number of aryl methyl sites for hydroxylation is 1. The minimum atomic E-state index is 0.0535. The molecular formula is C24H22N4O2S. The fourth-order valence-corrected chi connectivity index (χ4v) is 4.70. The van der Waals surface area contributed by atoms with Crippen molar-refractivity contribution >= 4 is 33.1 Å². The molecule has 2 aromatic carbocycles. The number of nitrogens with zero attached hydrogens (tertiary/aromatic N) is 3. The topological polar surface area (TPSA) is 67.4 Å². The van der Waals surface area contributed by atoms with Crippen LogP contribution in [0.4, 0.5) is 5.69 Å². The molecule has 31 heavy (non-hydrogen) atoms. The van der Waals surface area contributed by atoms with E-state index in [1.807, 2.05) is 55.4 Å². The van der Waals surface area contributed by atoms with E-state index in [9.17, 15) is 4.79 Å². The monoisotopic (exact) mass is 430 g/mol. The summed E-state index contributed by atoms with van der Waals surface area (Å²) in [6.45, 7) is 0.626. The molecule has 0 saturated heterocycles. The Balaban J connectivity index is 1.60. The number of carbonyl (C=O) groups excluding carboxylic acids is 1. The normalized spacial score (nSPS) is 13.3. The molecule has 0 unspecified atom stereocenters. The van der Waals surface area contributed by atoms with E-state index in [0.717, 1.165) is 38.4 Å². The largest absolute Gasteiger partial charge is 0.438 e. The van der Waals surface area contributed by atoms with E-state index in [0.29, 0.717) is 31.0 Å². The summed E-state index contributed by atoms with van der Waals surface area (Å²) < 4.78 is 6.35. The average Bonchev–Trinajstić information content (AvgIpc) is 3.18. The minimum absolute atomic E-state index is 0.0535. The van der Waals surface area contributed by atoms with Gasteiger partial charge in [0.05, 0.1) is 11.9 Å². The predicted octanol–water partition coefficient (Wildman–Crippen LogP) is 5.10. The van der Waals surface area contributed by atoms with Gasteiger partial charge in [0, 0.05) is 23.1 Å². The Morgan fingerprint density at radius 1 is 1.10 bits per heavy atom. The van der Waals surface area contributed by atoms with Crippen LogP contribution in [0.15, 0.2) is 53.9 Å². The molecule has 1 amide bonds. The third-order valence-electron chi connectivity index (χ3n) is 5.18. The van der Waals surface area contributed by atoms with Gasteiger partial charge in [0.2, 0.25) is 11.8 Å². The zero-order valence-electron chi connectivity index (χ0n) is 17.4. The fourth-order valence-electron chi connectivity index (χ4n) is 3.74. The Kier molecular flexibility index (Phi) is 5.13. The lowest BCUT2D eigenvalue weighted by Crippen LogP contribution is -2.18. The van der Waals surface area contributed by atoms with Crippen LogP contribution in [0.3, 0.4) is 0 Å². The SMILES string of the molecule is CN(C)Cc1nc(Oc2ccc3c(c2)CCC(=O)N3)c2c(-c3ccccc3)csc2n1. The molecule has 1 aliphatic rings. The van der Waals surface area contributed by atoms with Crippen LogP contribution in [-0.2, 0) is 17.8 Å². The van der Waals surface area contributed by atoms with Gasteiger partial charge in [0.25, 0.3) is 0 Å². The summed E-state index contributed by atoms with van der Waals surface area (Å²) in [5.74, 6) is 2.04. The van der Waals surface area contributed by atoms with Crippen LogP contribution in [0, 0.1) is 0 Å². The van der Waals surface area contributed by atoms with E-state index in [1.54, 1.807) is 11.3 Å². The number of anilines is 1. The first-order chi connectivity index (χ1) is 15.1. The van der Waals surface area contributed by atoms with Gasteiger partial charge in [-0.3, -0.25) is 4.79 Å². The number of carbonyl (C=O) groups is 1. The third kappa shape index (κ3) is 4.02. The van der Waals surface area contributed by atoms with Gasteiger partial charge in [0.1, 0.15) is 16.4 Å². The molecule has 1 N–H and O–H groups in total. The molecule has 1 aliphatic heterocycles. The molecule has 6 nitrogen and oxygen atoms in total. The van der Waals surface area contributed by atoms with Gasteiger partial charge >= 0.3 is 0 Å². The lowest BCUT2D eigenvalue weighted by molar-refractivity contribution is -0.116. The van der Waals surface area contributed by atoms with E-state index in [-0.39, 0.29) is 5.91 Å². The Bertz CT molecular complexity index is 1270. The van der Waals surface area contributed by atoms with E-state index >= 15 is 0 Å². The van der Waals surface area contributed by atoms with Crippen molar-refractivity contribution in [2.24, 2.45) is 0 Å². The molecule has 0 bridgehead atoms. The van der Waals surface area contributed by atoms with Crippen molar-refractivity contribution in [2.75, 3.05) is 19.4 Å². The summed E-state index contributed by atoms with van der Waals surface area (Å²) in [6, 6.07) is 16.0. The zero-order valence-corrected chi connectivity index (χ0v) is 18.2. The summed E-state index contributed by atoms with van der Waals surface area (Å²) in [4.78, 5) is 24.2. The number of thiophene rings is 1. The molecule has 156 valence electrons. The standard InChI is InChI=1S/C24H22N4O2S/c1-28(2)13-20-26-23(30-17-9-10-19-16(12-17)8-11-21(29)25-19)22-18(14-31-24(22)27-20)15-6-4-3-5-7-15/h3-7,9-10,12,14H,8,11,13H2,1-2H3,(H,25,29). The van der Waals surface area contributed by atoms with E-state index in [1.165, 1.54) is 0 Å². The van der Waals surface area contributed by atoms with Crippen LogP contribution in [-0.4, -0.2) is 34.9 Å². The average molecular weight is 431 g/mol. The Hall–Kier alpha value is -3.29. The van der Waals surface area contributed by atoms with Crippen LogP contribution >= 0.6 is 11.3 Å². The molecule has 2 aromatic heterocycles. The summed E-state index contributed by atoms with van der Waals surface area (Å²) >= 11 is 1.60. The molecular weight excluding hydrogens is 408 g/mol. The molecule has 3 heterocycles. The molecule has 0 fully saturated rings. The molecule has 7 heteroatoms. The second kappa shape index (κ2) is 8.09. The van der Waals surface area contributed by atoms with E-state index < -0.39 is 0 Å². The van der Waals surface area contributed by atoms with Crippen LogP contribution < -0.4 is 10.1 Å². The second-order valence-electron chi connectivity index (χ2n) is 7.85. The van der Waals surface area contributed by atoms with Crippen molar-refractivity contribution in [3.8, 4) is 22.8 Å². The number of amides is 1. The summed E-state index contributed by atoms with van der Waals surface area (Å²) in [5.41, 5.74) is 4.10. The third-order valence-corrected chi connectivity index (χ3v) is 6.05. The molecule has 0 spiro atoms. The quantitative estimate of drug-likeness (QED) is 0.477. The number of nitrogens with one attached hydrogen (secondary N) is 1. The van der Waals surface area contributed by atoms with Gasteiger partial charge in [-0.05, 0) is 49.8 Å². The molecule has 0 saturated carbocycles. The van der Waals surface area contributed by atoms with Gasteiger partial charge in [-0.15, -0.1) is 11.3 Å². The maximum absolute atomic E-state index is 11.7. The van der Waals surface area contributed by atoms with Crippen molar-refractivity contribution in [3.63, 3.8) is 0 Å². The number of hydrogen-bond acceptors (Lipinski definition) is 6. The van der Waals surface area contributed by atoms with E-state index in [2.05, 4.69) is 22.8 Å². The molecule has 0 aliphatic carbocycles. The first-order valence-electron chi connectivity index (χ1n) is 10.2. The van der Waals surface area contributed by atoms with Gasteiger partial charge in [-0.25, -0.2) is 4.98 Å².